The molecule has 2 aromatic carbocycles. The van der Waals surface area contributed by atoms with Crippen molar-refractivity contribution in [2.24, 2.45) is 0 Å². The van der Waals surface area contributed by atoms with E-state index in [0.717, 1.165) is 12.2 Å². The highest BCUT2D eigenvalue weighted by atomic mass is 19.1. The number of rotatable bonds is 5. The van der Waals surface area contributed by atoms with Gasteiger partial charge in [-0.3, -0.25) is 4.79 Å². The number of benzene rings is 2. The molecule has 2 aromatic rings. The van der Waals surface area contributed by atoms with Gasteiger partial charge in [0.15, 0.2) is 0 Å². The van der Waals surface area contributed by atoms with Crippen LogP contribution in [0.25, 0.3) is 0 Å². The summed E-state index contributed by atoms with van der Waals surface area (Å²) in [7, 11) is 1.63. The smallest absolute Gasteiger partial charge is 0.225 e. The van der Waals surface area contributed by atoms with Gasteiger partial charge in [0.05, 0.1) is 19.6 Å². The maximum absolute atomic E-state index is 13.2. The van der Waals surface area contributed by atoms with Crippen LogP contribution in [0.15, 0.2) is 48.5 Å². The van der Waals surface area contributed by atoms with Crippen molar-refractivity contribution in [1.29, 1.82) is 0 Å². The van der Waals surface area contributed by atoms with Crippen LogP contribution in [-0.4, -0.2) is 36.1 Å². The SMILES string of the molecule is COc1ccc(C2CCN(C(=O)CC(O)c3cccc(F)c3)C2)cc1. The van der Waals surface area contributed by atoms with Gasteiger partial charge in [0, 0.05) is 19.0 Å². The third-order valence-electron chi connectivity index (χ3n) is 4.73. The van der Waals surface area contributed by atoms with Gasteiger partial charge < -0.3 is 14.7 Å². The van der Waals surface area contributed by atoms with E-state index in [9.17, 15) is 14.3 Å². The monoisotopic (exact) mass is 343 g/mol. The summed E-state index contributed by atoms with van der Waals surface area (Å²) in [4.78, 5) is 14.2. The lowest BCUT2D eigenvalue weighted by Crippen LogP contribution is -2.29. The Labute approximate surface area is 146 Å². The molecule has 0 aromatic heterocycles. The predicted octanol–water partition coefficient (Wildman–Crippen LogP) is 3.27. The number of nitrogens with zero attached hydrogens (tertiary/aromatic N) is 1. The minimum absolute atomic E-state index is 0.0290. The molecule has 25 heavy (non-hydrogen) atoms. The van der Waals surface area contributed by atoms with Gasteiger partial charge in [0.2, 0.25) is 5.91 Å². The van der Waals surface area contributed by atoms with Crippen molar-refractivity contribution in [3.05, 3.63) is 65.5 Å². The number of likely N-dealkylation sites (tertiary alicyclic amines) is 1. The van der Waals surface area contributed by atoms with Crippen LogP contribution in [0.5, 0.6) is 5.75 Å². The Kier molecular flexibility index (Phi) is 5.34. The van der Waals surface area contributed by atoms with E-state index in [1.54, 1.807) is 18.1 Å². The first-order valence-electron chi connectivity index (χ1n) is 8.42. The summed E-state index contributed by atoms with van der Waals surface area (Å²) in [6.45, 7) is 1.31. The van der Waals surface area contributed by atoms with E-state index in [1.807, 2.05) is 24.3 Å². The van der Waals surface area contributed by atoms with Gasteiger partial charge in [-0.25, -0.2) is 4.39 Å². The van der Waals surface area contributed by atoms with Gasteiger partial charge in [0.1, 0.15) is 11.6 Å². The fourth-order valence-corrected chi connectivity index (χ4v) is 3.26. The van der Waals surface area contributed by atoms with Gasteiger partial charge in [-0.15, -0.1) is 0 Å². The fraction of sp³-hybridized carbons (Fsp3) is 0.350. The summed E-state index contributed by atoms with van der Waals surface area (Å²) < 4.78 is 18.4. The molecule has 0 bridgehead atoms. The van der Waals surface area contributed by atoms with Crippen LogP contribution >= 0.6 is 0 Å². The molecule has 1 heterocycles. The molecule has 3 rings (SSSR count). The Morgan fingerprint density at radius 1 is 1.32 bits per heavy atom. The first kappa shape index (κ1) is 17.4. The van der Waals surface area contributed by atoms with Crippen LogP contribution in [-0.2, 0) is 4.79 Å². The van der Waals surface area contributed by atoms with E-state index < -0.39 is 11.9 Å². The minimum atomic E-state index is -0.983. The van der Waals surface area contributed by atoms with Crippen LogP contribution in [0, 0.1) is 5.82 Å². The van der Waals surface area contributed by atoms with Crippen LogP contribution < -0.4 is 4.74 Å². The summed E-state index contributed by atoms with van der Waals surface area (Å²) in [6, 6.07) is 13.7. The molecular weight excluding hydrogens is 321 g/mol. The van der Waals surface area contributed by atoms with Gasteiger partial charge >= 0.3 is 0 Å². The minimum Gasteiger partial charge on any atom is -0.497 e. The second-order valence-electron chi connectivity index (χ2n) is 6.37. The van der Waals surface area contributed by atoms with Crippen LogP contribution in [0.3, 0.4) is 0 Å². The van der Waals surface area contributed by atoms with E-state index >= 15 is 0 Å². The highest BCUT2D eigenvalue weighted by Crippen LogP contribution is 2.29. The second kappa shape index (κ2) is 7.66. The number of hydrogen-bond donors (Lipinski definition) is 1. The highest BCUT2D eigenvalue weighted by Gasteiger charge is 2.28. The Hall–Kier alpha value is -2.40. The third-order valence-corrected chi connectivity index (χ3v) is 4.73. The maximum Gasteiger partial charge on any atom is 0.225 e. The van der Waals surface area contributed by atoms with Crippen molar-refractivity contribution in [2.45, 2.75) is 24.9 Å². The van der Waals surface area contributed by atoms with E-state index in [0.29, 0.717) is 24.6 Å². The lowest BCUT2D eigenvalue weighted by molar-refractivity contribution is -0.132. The van der Waals surface area contributed by atoms with Gasteiger partial charge in [-0.1, -0.05) is 24.3 Å². The summed E-state index contributed by atoms with van der Waals surface area (Å²) in [6.07, 6.45) is -0.115. The number of carbonyl (C=O) groups is 1. The molecule has 0 spiro atoms. The molecule has 1 N–H and O–H groups in total. The van der Waals surface area contributed by atoms with Gasteiger partial charge in [-0.05, 0) is 41.8 Å². The number of halogens is 1. The molecule has 1 amide bonds. The summed E-state index contributed by atoms with van der Waals surface area (Å²) in [5.74, 6) is 0.589. The van der Waals surface area contributed by atoms with Gasteiger partial charge in [-0.2, -0.15) is 0 Å². The maximum atomic E-state index is 13.2. The number of carbonyl (C=O) groups excluding carboxylic acids is 1. The Balaban J connectivity index is 1.58. The molecule has 1 saturated heterocycles. The van der Waals surface area contributed by atoms with Crippen molar-refractivity contribution >= 4 is 5.91 Å². The molecule has 4 nitrogen and oxygen atoms in total. The molecule has 0 saturated carbocycles. The molecule has 1 fully saturated rings. The Bertz CT molecular complexity index is 732. The lowest BCUT2D eigenvalue weighted by atomic mass is 9.98. The molecule has 0 aliphatic carbocycles. The number of aliphatic hydroxyl groups is 1. The van der Waals surface area contributed by atoms with E-state index in [1.165, 1.54) is 23.8 Å². The van der Waals surface area contributed by atoms with Crippen molar-refractivity contribution in [3.8, 4) is 5.75 Å². The highest BCUT2D eigenvalue weighted by molar-refractivity contribution is 5.77. The summed E-state index contributed by atoms with van der Waals surface area (Å²) >= 11 is 0. The quantitative estimate of drug-likeness (QED) is 0.906. The third kappa shape index (κ3) is 4.17. The second-order valence-corrected chi connectivity index (χ2v) is 6.37. The molecule has 1 aliphatic rings. The zero-order chi connectivity index (χ0) is 17.8. The van der Waals surface area contributed by atoms with Crippen molar-refractivity contribution in [3.63, 3.8) is 0 Å². The number of aliphatic hydroxyl groups excluding tert-OH is 1. The van der Waals surface area contributed by atoms with E-state index in [2.05, 4.69) is 0 Å². The zero-order valence-corrected chi connectivity index (χ0v) is 14.2. The molecule has 1 aliphatic heterocycles. The van der Waals surface area contributed by atoms with E-state index in [4.69, 9.17) is 4.74 Å². The lowest BCUT2D eigenvalue weighted by Gasteiger charge is -2.19. The Morgan fingerprint density at radius 3 is 2.76 bits per heavy atom. The molecule has 2 atom stereocenters. The standard InChI is InChI=1S/C20H22FNO3/c1-25-18-7-5-14(6-8-18)16-9-10-22(13-16)20(24)12-19(23)15-3-2-4-17(21)11-15/h2-8,11,16,19,23H,9-10,12-13H2,1H3. The largest absolute Gasteiger partial charge is 0.497 e. The molecular formula is C20H22FNO3. The van der Waals surface area contributed by atoms with Gasteiger partial charge in [0.25, 0.3) is 0 Å². The first-order chi connectivity index (χ1) is 12.1. The average Bonchev–Trinajstić information content (AvgIpc) is 3.12. The molecule has 5 heteroatoms. The van der Waals surface area contributed by atoms with Crippen LogP contribution in [0.1, 0.15) is 36.0 Å². The van der Waals surface area contributed by atoms with Crippen LogP contribution in [0.4, 0.5) is 4.39 Å². The number of ether oxygens (including phenoxy) is 1. The summed E-state index contributed by atoms with van der Waals surface area (Å²) in [5.41, 5.74) is 1.61. The molecule has 2 unspecified atom stereocenters. The van der Waals surface area contributed by atoms with Crippen molar-refractivity contribution < 1.29 is 19.0 Å². The Morgan fingerprint density at radius 2 is 2.08 bits per heavy atom. The topological polar surface area (TPSA) is 49.8 Å². The van der Waals surface area contributed by atoms with Crippen molar-refractivity contribution in [1.82, 2.24) is 4.90 Å². The normalized spacial score (nSPS) is 18.2. The number of amides is 1. The zero-order valence-electron chi connectivity index (χ0n) is 14.2. The van der Waals surface area contributed by atoms with Crippen LogP contribution in [0.2, 0.25) is 0 Å². The number of hydrogen-bond acceptors (Lipinski definition) is 3. The molecule has 0 radical (unpaired) electrons. The first-order valence-corrected chi connectivity index (χ1v) is 8.42. The van der Waals surface area contributed by atoms with E-state index in [-0.39, 0.29) is 12.3 Å². The average molecular weight is 343 g/mol. The number of methoxy groups -OCH3 is 1. The van der Waals surface area contributed by atoms with Crippen molar-refractivity contribution in [2.75, 3.05) is 20.2 Å². The predicted molar refractivity (Wildman–Crippen MR) is 92.9 cm³/mol. The fourth-order valence-electron chi connectivity index (χ4n) is 3.26. The molecule has 132 valence electrons. The summed E-state index contributed by atoms with van der Waals surface area (Å²) in [5, 5.41) is 10.2.